The maximum Gasteiger partial charge on any atom is 0.401 e. The van der Waals surface area contributed by atoms with Crippen LogP contribution in [0.1, 0.15) is 0 Å². The lowest BCUT2D eigenvalue weighted by atomic mass is 10.2. The van der Waals surface area contributed by atoms with Crippen molar-refractivity contribution in [1.29, 1.82) is 0 Å². The van der Waals surface area contributed by atoms with E-state index in [1.165, 1.54) is 0 Å². The standard InChI is InChI=1S/C9H18F3N3/c1-14-3-4-15(2)8(6-14)5-13-7-9(10,11)12/h8,13H,3-7H2,1-2H3. The molecule has 1 aliphatic rings. The molecule has 1 heterocycles. The number of hydrogen-bond donors (Lipinski definition) is 1. The number of piperazine rings is 1. The normalized spacial score (nSPS) is 25.8. The van der Waals surface area contributed by atoms with Crippen LogP contribution in [0.15, 0.2) is 0 Å². The molecular formula is C9H18F3N3. The summed E-state index contributed by atoms with van der Waals surface area (Å²) >= 11 is 0. The van der Waals surface area contributed by atoms with Crippen molar-refractivity contribution in [3.8, 4) is 0 Å². The first kappa shape index (κ1) is 12.7. The Morgan fingerprint density at radius 3 is 2.53 bits per heavy atom. The van der Waals surface area contributed by atoms with E-state index in [4.69, 9.17) is 0 Å². The molecule has 0 aromatic rings. The van der Waals surface area contributed by atoms with E-state index in [0.29, 0.717) is 6.54 Å². The van der Waals surface area contributed by atoms with E-state index in [1.54, 1.807) is 0 Å². The van der Waals surface area contributed by atoms with Crippen molar-refractivity contribution < 1.29 is 13.2 Å². The first-order chi connectivity index (χ1) is 6.88. The van der Waals surface area contributed by atoms with Crippen LogP contribution in [0.5, 0.6) is 0 Å². The summed E-state index contributed by atoms with van der Waals surface area (Å²) in [5.74, 6) is 0. The van der Waals surface area contributed by atoms with Crippen LogP contribution in [0, 0.1) is 0 Å². The van der Waals surface area contributed by atoms with Crippen LogP contribution in [-0.4, -0.2) is 68.8 Å². The van der Waals surface area contributed by atoms with E-state index in [0.717, 1.165) is 19.6 Å². The van der Waals surface area contributed by atoms with Gasteiger partial charge >= 0.3 is 6.18 Å². The Morgan fingerprint density at radius 2 is 1.93 bits per heavy atom. The Balaban J connectivity index is 2.24. The molecule has 0 bridgehead atoms. The van der Waals surface area contributed by atoms with Crippen molar-refractivity contribution in [2.75, 3.05) is 46.8 Å². The van der Waals surface area contributed by atoms with Gasteiger partial charge in [0, 0.05) is 32.2 Å². The van der Waals surface area contributed by atoms with Crippen molar-refractivity contribution in [2.45, 2.75) is 12.2 Å². The number of halogens is 3. The predicted molar refractivity (Wildman–Crippen MR) is 52.8 cm³/mol. The van der Waals surface area contributed by atoms with Gasteiger partial charge in [-0.25, -0.2) is 0 Å². The minimum atomic E-state index is -4.11. The van der Waals surface area contributed by atoms with Gasteiger partial charge < -0.3 is 10.2 Å². The lowest BCUT2D eigenvalue weighted by Gasteiger charge is -2.37. The summed E-state index contributed by atoms with van der Waals surface area (Å²) in [4.78, 5) is 4.24. The highest BCUT2D eigenvalue weighted by Gasteiger charge is 2.28. The van der Waals surface area contributed by atoms with Gasteiger partial charge in [0.1, 0.15) is 0 Å². The van der Waals surface area contributed by atoms with Gasteiger partial charge in [0.15, 0.2) is 0 Å². The van der Waals surface area contributed by atoms with Crippen molar-refractivity contribution in [2.24, 2.45) is 0 Å². The molecule has 0 amide bonds. The first-order valence-electron chi connectivity index (χ1n) is 5.05. The van der Waals surface area contributed by atoms with Gasteiger partial charge in [0.2, 0.25) is 0 Å². The molecule has 1 rings (SSSR count). The monoisotopic (exact) mass is 225 g/mol. The minimum absolute atomic E-state index is 0.172. The fraction of sp³-hybridized carbons (Fsp3) is 1.00. The Kier molecular flexibility index (Phi) is 4.36. The van der Waals surface area contributed by atoms with Crippen LogP contribution in [0.25, 0.3) is 0 Å². The zero-order chi connectivity index (χ0) is 11.5. The van der Waals surface area contributed by atoms with Crippen LogP contribution in [-0.2, 0) is 0 Å². The quantitative estimate of drug-likeness (QED) is 0.749. The maximum absolute atomic E-state index is 11.9. The van der Waals surface area contributed by atoms with Crippen LogP contribution in [0.2, 0.25) is 0 Å². The van der Waals surface area contributed by atoms with E-state index in [1.807, 2.05) is 14.1 Å². The summed E-state index contributed by atoms with van der Waals surface area (Å²) < 4.78 is 35.7. The van der Waals surface area contributed by atoms with Gasteiger partial charge in [0.25, 0.3) is 0 Å². The van der Waals surface area contributed by atoms with E-state index >= 15 is 0 Å². The Hall–Kier alpha value is -0.330. The first-order valence-corrected chi connectivity index (χ1v) is 5.05. The largest absolute Gasteiger partial charge is 0.401 e. The summed E-state index contributed by atoms with van der Waals surface area (Å²) in [6, 6.07) is 0.172. The summed E-state index contributed by atoms with van der Waals surface area (Å²) in [5.41, 5.74) is 0. The fourth-order valence-electron chi connectivity index (χ4n) is 1.70. The van der Waals surface area contributed by atoms with Crippen molar-refractivity contribution in [3.63, 3.8) is 0 Å². The summed E-state index contributed by atoms with van der Waals surface area (Å²) in [6.07, 6.45) is -4.11. The second-order valence-corrected chi connectivity index (χ2v) is 4.14. The molecule has 1 atom stereocenters. The van der Waals surface area contributed by atoms with Crippen LogP contribution >= 0.6 is 0 Å². The second kappa shape index (κ2) is 5.14. The minimum Gasteiger partial charge on any atom is -0.307 e. The zero-order valence-electron chi connectivity index (χ0n) is 9.14. The molecule has 0 aliphatic carbocycles. The van der Waals surface area contributed by atoms with E-state index < -0.39 is 12.7 Å². The van der Waals surface area contributed by atoms with Gasteiger partial charge in [-0.05, 0) is 14.1 Å². The van der Waals surface area contributed by atoms with Gasteiger partial charge in [-0.2, -0.15) is 13.2 Å². The number of likely N-dealkylation sites (N-methyl/N-ethyl adjacent to an activating group) is 2. The molecule has 0 aromatic carbocycles. The second-order valence-electron chi connectivity index (χ2n) is 4.14. The number of rotatable bonds is 3. The highest BCUT2D eigenvalue weighted by molar-refractivity contribution is 4.80. The third kappa shape index (κ3) is 4.81. The Morgan fingerprint density at radius 1 is 1.27 bits per heavy atom. The summed E-state index contributed by atoms with van der Waals surface area (Å²) in [7, 11) is 3.94. The summed E-state index contributed by atoms with van der Waals surface area (Å²) in [6.45, 7) is 2.20. The SMILES string of the molecule is CN1CCN(C)C(CNCC(F)(F)F)C1. The molecule has 0 spiro atoms. The fourth-order valence-corrected chi connectivity index (χ4v) is 1.70. The maximum atomic E-state index is 11.9. The molecule has 0 aromatic heterocycles. The third-order valence-corrected chi connectivity index (χ3v) is 2.69. The van der Waals surface area contributed by atoms with E-state index in [2.05, 4.69) is 15.1 Å². The van der Waals surface area contributed by atoms with Gasteiger partial charge in [-0.3, -0.25) is 4.90 Å². The van der Waals surface area contributed by atoms with Crippen molar-refractivity contribution >= 4 is 0 Å². The van der Waals surface area contributed by atoms with E-state index in [9.17, 15) is 13.2 Å². The zero-order valence-corrected chi connectivity index (χ0v) is 9.14. The molecule has 0 saturated carbocycles. The molecule has 6 heteroatoms. The van der Waals surface area contributed by atoms with E-state index in [-0.39, 0.29) is 6.04 Å². The average molecular weight is 225 g/mol. The lowest BCUT2D eigenvalue weighted by Crippen LogP contribution is -2.54. The molecule has 90 valence electrons. The number of alkyl halides is 3. The molecule has 1 fully saturated rings. The molecule has 1 unspecified atom stereocenters. The smallest absolute Gasteiger partial charge is 0.307 e. The number of nitrogens with one attached hydrogen (secondary N) is 1. The molecule has 1 saturated heterocycles. The predicted octanol–water partition coefficient (Wildman–Crippen LogP) is 0.384. The summed E-state index contributed by atoms with van der Waals surface area (Å²) in [5, 5.41) is 2.45. The molecule has 15 heavy (non-hydrogen) atoms. The molecule has 1 N–H and O–H groups in total. The van der Waals surface area contributed by atoms with Gasteiger partial charge in [-0.1, -0.05) is 0 Å². The van der Waals surface area contributed by atoms with Crippen molar-refractivity contribution in [1.82, 2.24) is 15.1 Å². The highest BCUT2D eigenvalue weighted by Crippen LogP contribution is 2.12. The Bertz CT molecular complexity index is 196. The molecule has 0 radical (unpaired) electrons. The van der Waals surface area contributed by atoms with Crippen LogP contribution < -0.4 is 5.32 Å². The molecule has 1 aliphatic heterocycles. The molecule has 3 nitrogen and oxygen atoms in total. The Labute approximate surface area is 88.2 Å². The van der Waals surface area contributed by atoms with Crippen LogP contribution in [0.3, 0.4) is 0 Å². The van der Waals surface area contributed by atoms with Gasteiger partial charge in [-0.15, -0.1) is 0 Å². The van der Waals surface area contributed by atoms with Gasteiger partial charge in [0.05, 0.1) is 6.54 Å². The average Bonchev–Trinajstić information content (AvgIpc) is 2.09. The topological polar surface area (TPSA) is 18.5 Å². The van der Waals surface area contributed by atoms with Crippen LogP contribution in [0.4, 0.5) is 13.2 Å². The third-order valence-electron chi connectivity index (χ3n) is 2.69. The highest BCUT2D eigenvalue weighted by atomic mass is 19.4. The number of hydrogen-bond acceptors (Lipinski definition) is 3. The number of nitrogens with zero attached hydrogens (tertiary/aromatic N) is 2. The lowest BCUT2D eigenvalue weighted by molar-refractivity contribution is -0.125. The van der Waals surface area contributed by atoms with Crippen molar-refractivity contribution in [3.05, 3.63) is 0 Å². The molecular weight excluding hydrogens is 207 g/mol.